The Morgan fingerprint density at radius 2 is 2.16 bits per heavy atom. The molecule has 1 fully saturated rings. The third-order valence-corrected chi connectivity index (χ3v) is 4.64. The molecule has 1 aromatic carbocycles. The summed E-state index contributed by atoms with van der Waals surface area (Å²) < 4.78 is 0. The van der Waals surface area contributed by atoms with Crippen LogP contribution >= 0.6 is 0 Å². The minimum absolute atomic E-state index is 0.198. The van der Waals surface area contributed by atoms with Gasteiger partial charge in [0, 0.05) is 30.4 Å². The van der Waals surface area contributed by atoms with Crippen molar-refractivity contribution in [1.82, 2.24) is 10.2 Å². The smallest absolute Gasteiger partial charge is 0.319 e. The molecule has 138 valence electrons. The average Bonchev–Trinajstić information content (AvgIpc) is 2.60. The van der Waals surface area contributed by atoms with Crippen molar-refractivity contribution >= 4 is 17.6 Å². The predicted molar refractivity (Wildman–Crippen MR) is 97.6 cm³/mol. The van der Waals surface area contributed by atoms with Gasteiger partial charge in [-0.05, 0) is 50.4 Å². The summed E-state index contributed by atoms with van der Waals surface area (Å²) in [6, 6.07) is 4.92. The topological polar surface area (TPSA) is 108 Å². The third-order valence-electron chi connectivity index (χ3n) is 4.64. The lowest BCUT2D eigenvalue weighted by Gasteiger charge is -2.34. The maximum Gasteiger partial charge on any atom is 0.319 e. The van der Waals surface area contributed by atoms with Crippen LogP contribution in [-0.2, 0) is 0 Å². The van der Waals surface area contributed by atoms with Gasteiger partial charge < -0.3 is 21.5 Å². The van der Waals surface area contributed by atoms with Crippen molar-refractivity contribution in [1.29, 1.82) is 0 Å². The van der Waals surface area contributed by atoms with Gasteiger partial charge in [0.25, 0.3) is 0 Å². The first kappa shape index (κ1) is 19.2. The number of aryl methyl sites for hydroxylation is 1. The van der Waals surface area contributed by atoms with Crippen LogP contribution in [0.5, 0.6) is 0 Å². The molecule has 1 aliphatic heterocycles. The number of hydrogen-bond donors (Lipinski definition) is 4. The molecule has 0 bridgehead atoms. The Kier molecular flexibility index (Phi) is 7.21. The fourth-order valence-corrected chi connectivity index (χ4v) is 3.12. The molecule has 7 nitrogen and oxygen atoms in total. The zero-order valence-electron chi connectivity index (χ0n) is 14.8. The Labute approximate surface area is 148 Å². The Morgan fingerprint density at radius 1 is 1.36 bits per heavy atom. The minimum Gasteiger partial charge on any atom is -0.395 e. The molecule has 3 amide bonds. The Morgan fingerprint density at radius 3 is 2.88 bits per heavy atom. The zero-order chi connectivity index (χ0) is 18.2. The molecule has 0 aliphatic carbocycles. The SMILES string of the molecule is Cc1ccc(C(N)=O)cc1NC(=O)NCCCN1CCCCC1CO. The molecule has 25 heavy (non-hydrogen) atoms. The maximum atomic E-state index is 12.0. The van der Waals surface area contributed by atoms with Crippen molar-refractivity contribution in [3.63, 3.8) is 0 Å². The van der Waals surface area contributed by atoms with E-state index in [4.69, 9.17) is 5.73 Å². The van der Waals surface area contributed by atoms with Gasteiger partial charge in [-0.25, -0.2) is 4.79 Å². The second-order valence-corrected chi connectivity index (χ2v) is 6.50. The van der Waals surface area contributed by atoms with E-state index in [9.17, 15) is 14.7 Å². The van der Waals surface area contributed by atoms with E-state index < -0.39 is 5.91 Å². The second-order valence-electron chi connectivity index (χ2n) is 6.50. The number of aliphatic hydroxyl groups excluding tert-OH is 1. The van der Waals surface area contributed by atoms with Gasteiger partial charge in [-0.1, -0.05) is 12.5 Å². The first-order chi connectivity index (χ1) is 12.0. The number of carbonyl (C=O) groups is 2. The highest BCUT2D eigenvalue weighted by molar-refractivity contribution is 5.96. The van der Waals surface area contributed by atoms with E-state index in [1.807, 2.05) is 6.92 Å². The van der Waals surface area contributed by atoms with Crippen molar-refractivity contribution in [2.45, 2.75) is 38.6 Å². The summed E-state index contributed by atoms with van der Waals surface area (Å²) in [5.74, 6) is -0.525. The lowest BCUT2D eigenvalue weighted by atomic mass is 10.0. The highest BCUT2D eigenvalue weighted by Crippen LogP contribution is 2.17. The molecule has 1 atom stereocenters. The van der Waals surface area contributed by atoms with Gasteiger partial charge in [0.15, 0.2) is 0 Å². The molecule has 0 radical (unpaired) electrons. The number of likely N-dealkylation sites (tertiary alicyclic amines) is 1. The average molecular weight is 348 g/mol. The van der Waals surface area contributed by atoms with Crippen LogP contribution in [0.3, 0.4) is 0 Å². The van der Waals surface area contributed by atoms with E-state index in [-0.39, 0.29) is 18.7 Å². The largest absolute Gasteiger partial charge is 0.395 e. The Balaban J connectivity index is 1.75. The third kappa shape index (κ3) is 5.72. The van der Waals surface area contributed by atoms with Crippen molar-refractivity contribution in [2.75, 3.05) is 31.6 Å². The van der Waals surface area contributed by atoms with Gasteiger partial charge >= 0.3 is 6.03 Å². The van der Waals surface area contributed by atoms with E-state index in [1.165, 1.54) is 12.8 Å². The van der Waals surface area contributed by atoms with Crippen molar-refractivity contribution in [3.05, 3.63) is 29.3 Å². The first-order valence-corrected chi connectivity index (χ1v) is 8.81. The number of nitrogens with zero attached hydrogens (tertiary/aromatic N) is 1. The fraction of sp³-hybridized carbons (Fsp3) is 0.556. The number of anilines is 1. The number of rotatable bonds is 7. The number of primary amides is 1. The molecule has 1 aromatic rings. The number of piperidine rings is 1. The van der Waals surface area contributed by atoms with Gasteiger partial charge in [0.2, 0.25) is 5.91 Å². The van der Waals surface area contributed by atoms with E-state index in [2.05, 4.69) is 15.5 Å². The molecule has 0 spiro atoms. The molecule has 1 aliphatic rings. The number of hydrogen-bond acceptors (Lipinski definition) is 4. The highest BCUT2D eigenvalue weighted by atomic mass is 16.3. The number of amides is 3. The van der Waals surface area contributed by atoms with E-state index in [0.29, 0.717) is 17.8 Å². The molecular weight excluding hydrogens is 320 g/mol. The maximum absolute atomic E-state index is 12.0. The van der Waals surface area contributed by atoms with Crippen molar-refractivity contribution in [3.8, 4) is 0 Å². The summed E-state index contributed by atoms with van der Waals surface area (Å²) in [6.45, 7) is 4.47. The minimum atomic E-state index is -0.525. The molecule has 7 heteroatoms. The molecule has 1 heterocycles. The van der Waals surface area contributed by atoms with Gasteiger partial charge in [0.1, 0.15) is 0 Å². The molecule has 2 rings (SSSR count). The molecule has 5 N–H and O–H groups in total. The summed E-state index contributed by atoms with van der Waals surface area (Å²) >= 11 is 0. The van der Waals surface area contributed by atoms with Gasteiger partial charge in [-0.3, -0.25) is 9.69 Å². The lowest BCUT2D eigenvalue weighted by molar-refractivity contribution is 0.0894. The summed E-state index contributed by atoms with van der Waals surface area (Å²) in [7, 11) is 0. The number of nitrogens with two attached hydrogens (primary N) is 1. The van der Waals surface area contributed by atoms with Crippen LogP contribution in [0.25, 0.3) is 0 Å². The quantitative estimate of drug-likeness (QED) is 0.559. The van der Waals surface area contributed by atoms with Crippen LogP contribution in [-0.4, -0.2) is 54.2 Å². The molecule has 0 aromatic heterocycles. The number of nitrogens with one attached hydrogen (secondary N) is 2. The first-order valence-electron chi connectivity index (χ1n) is 8.81. The number of urea groups is 1. The lowest BCUT2D eigenvalue weighted by Crippen LogP contribution is -2.43. The Hall–Kier alpha value is -2.12. The fourth-order valence-electron chi connectivity index (χ4n) is 3.12. The summed E-state index contributed by atoms with van der Waals surface area (Å²) in [5.41, 5.74) is 7.06. The van der Waals surface area contributed by atoms with Crippen LogP contribution in [0, 0.1) is 6.92 Å². The van der Waals surface area contributed by atoms with Crippen LogP contribution in [0.4, 0.5) is 10.5 Å². The standard InChI is InChI=1S/C18H28N4O3/c1-13-6-7-14(17(19)24)11-16(13)21-18(25)20-8-4-10-22-9-3-2-5-15(22)12-23/h6-7,11,15,23H,2-5,8-10,12H2,1H3,(H2,19,24)(H2,20,21,25). The predicted octanol–water partition coefficient (Wildman–Crippen LogP) is 1.45. The van der Waals surface area contributed by atoms with Crippen LogP contribution in [0.15, 0.2) is 18.2 Å². The van der Waals surface area contributed by atoms with E-state index in [1.54, 1.807) is 18.2 Å². The monoisotopic (exact) mass is 348 g/mol. The van der Waals surface area contributed by atoms with Crippen LogP contribution in [0.2, 0.25) is 0 Å². The van der Waals surface area contributed by atoms with Crippen LogP contribution < -0.4 is 16.4 Å². The Bertz CT molecular complexity index is 606. The number of carbonyl (C=O) groups excluding carboxylic acids is 2. The van der Waals surface area contributed by atoms with Gasteiger partial charge in [-0.15, -0.1) is 0 Å². The number of aliphatic hydroxyl groups is 1. The van der Waals surface area contributed by atoms with Crippen molar-refractivity contribution < 1.29 is 14.7 Å². The van der Waals surface area contributed by atoms with Gasteiger partial charge in [0.05, 0.1) is 6.61 Å². The summed E-state index contributed by atoms with van der Waals surface area (Å²) in [4.78, 5) is 25.6. The molecule has 0 saturated carbocycles. The van der Waals surface area contributed by atoms with Crippen LogP contribution in [0.1, 0.15) is 41.6 Å². The highest BCUT2D eigenvalue weighted by Gasteiger charge is 2.20. The van der Waals surface area contributed by atoms with E-state index >= 15 is 0 Å². The van der Waals surface area contributed by atoms with Crippen molar-refractivity contribution in [2.24, 2.45) is 5.73 Å². The second kappa shape index (κ2) is 9.39. The normalized spacial score (nSPS) is 17.9. The number of benzene rings is 1. The summed E-state index contributed by atoms with van der Waals surface area (Å²) in [6.07, 6.45) is 4.20. The van der Waals surface area contributed by atoms with E-state index in [0.717, 1.165) is 31.5 Å². The molecular formula is C18H28N4O3. The molecule has 1 unspecified atom stereocenters. The molecule has 1 saturated heterocycles. The van der Waals surface area contributed by atoms with Gasteiger partial charge in [-0.2, -0.15) is 0 Å². The summed E-state index contributed by atoms with van der Waals surface area (Å²) in [5, 5.41) is 15.0. The zero-order valence-corrected chi connectivity index (χ0v) is 14.8.